The van der Waals surface area contributed by atoms with Crippen molar-refractivity contribution in [3.63, 3.8) is 0 Å². The number of ether oxygens (including phenoxy) is 3. The predicted molar refractivity (Wildman–Crippen MR) is 71.5 cm³/mol. The van der Waals surface area contributed by atoms with Crippen molar-refractivity contribution in [3.8, 4) is 17.2 Å². The molecule has 1 aromatic rings. The first-order valence-corrected chi connectivity index (χ1v) is 6.48. The molecule has 2 rings (SSSR count). The van der Waals surface area contributed by atoms with E-state index < -0.39 is 6.09 Å². The molecule has 0 bridgehead atoms. The molecule has 0 aliphatic carbocycles. The van der Waals surface area contributed by atoms with Crippen LogP contribution < -0.4 is 14.2 Å². The van der Waals surface area contributed by atoms with Gasteiger partial charge in [-0.3, -0.25) is 4.79 Å². The Morgan fingerprint density at radius 1 is 1.25 bits per heavy atom. The predicted octanol–water partition coefficient (Wildman–Crippen LogP) is 2.46. The maximum atomic E-state index is 12.0. The van der Waals surface area contributed by atoms with Gasteiger partial charge in [0.25, 0.3) is 0 Å². The summed E-state index contributed by atoms with van der Waals surface area (Å²) >= 11 is 0. The van der Waals surface area contributed by atoms with E-state index in [0.29, 0.717) is 24.6 Å². The van der Waals surface area contributed by atoms with Gasteiger partial charge in [0.2, 0.25) is 6.79 Å². The monoisotopic (exact) mass is 279 g/mol. The van der Waals surface area contributed by atoms with Gasteiger partial charge >= 0.3 is 6.09 Å². The number of carbonyl (C=O) groups is 2. The molecule has 6 heteroatoms. The molecule has 6 nitrogen and oxygen atoms in total. The number of nitrogens with zero attached hydrogens (tertiary/aromatic N) is 1. The fraction of sp³-hybridized carbons (Fsp3) is 0.429. The Balaban J connectivity index is 2.33. The van der Waals surface area contributed by atoms with Gasteiger partial charge in [-0.05, 0) is 32.9 Å². The van der Waals surface area contributed by atoms with Gasteiger partial charge in [0.1, 0.15) is 11.3 Å². The van der Waals surface area contributed by atoms with Gasteiger partial charge in [-0.15, -0.1) is 0 Å². The molecule has 108 valence electrons. The smallest absolute Gasteiger partial charge is 0.415 e. The number of ketones is 1. The van der Waals surface area contributed by atoms with Gasteiger partial charge in [-0.1, -0.05) is 0 Å². The van der Waals surface area contributed by atoms with Crippen molar-refractivity contribution in [2.75, 3.05) is 19.9 Å². The van der Waals surface area contributed by atoms with E-state index in [4.69, 9.17) is 14.2 Å². The highest BCUT2D eigenvalue weighted by atomic mass is 16.7. The van der Waals surface area contributed by atoms with Crippen molar-refractivity contribution in [3.05, 3.63) is 17.7 Å². The molecule has 1 aliphatic heterocycles. The van der Waals surface area contributed by atoms with E-state index in [-0.39, 0.29) is 23.9 Å². The van der Waals surface area contributed by atoms with Crippen LogP contribution >= 0.6 is 0 Å². The summed E-state index contributed by atoms with van der Waals surface area (Å²) in [6, 6.07) is 3.17. The van der Waals surface area contributed by atoms with Gasteiger partial charge in [0.15, 0.2) is 17.3 Å². The molecule has 0 N–H and O–H groups in total. The van der Waals surface area contributed by atoms with Gasteiger partial charge < -0.3 is 19.1 Å². The second-order valence-electron chi connectivity index (χ2n) is 4.27. The third-order valence-electron chi connectivity index (χ3n) is 3.07. The second-order valence-corrected chi connectivity index (χ2v) is 4.27. The normalized spacial score (nSPS) is 12.2. The molecule has 0 fully saturated rings. The molecule has 20 heavy (non-hydrogen) atoms. The molecule has 1 heterocycles. The first kappa shape index (κ1) is 14.2. The van der Waals surface area contributed by atoms with E-state index in [2.05, 4.69) is 0 Å². The number of hydrogen-bond acceptors (Lipinski definition) is 5. The molecule has 0 aromatic heterocycles. The molecule has 0 radical (unpaired) electrons. The number of fused-ring (bicyclic) bond motifs is 1. The molecular weight excluding hydrogens is 262 g/mol. The number of amides is 1. The van der Waals surface area contributed by atoms with Crippen LogP contribution in [0, 0.1) is 0 Å². The average molecular weight is 279 g/mol. The van der Waals surface area contributed by atoms with E-state index >= 15 is 0 Å². The topological polar surface area (TPSA) is 65.1 Å². The molecule has 0 saturated heterocycles. The molecule has 0 saturated carbocycles. The van der Waals surface area contributed by atoms with Crippen molar-refractivity contribution in [1.29, 1.82) is 0 Å². The van der Waals surface area contributed by atoms with Crippen LogP contribution in [-0.4, -0.2) is 36.7 Å². The molecule has 0 spiro atoms. The minimum absolute atomic E-state index is 0.0586. The molecule has 1 aliphatic rings. The Labute approximate surface area is 117 Å². The lowest BCUT2D eigenvalue weighted by atomic mass is 10.1. The van der Waals surface area contributed by atoms with Gasteiger partial charge in [0, 0.05) is 13.1 Å². The fourth-order valence-electron chi connectivity index (χ4n) is 2.01. The standard InChI is InChI=1S/C14H17NO5/c1-4-15(5-2)14(17)20-10-6-7-11-13(19-8-18-11)12(10)9(3)16/h6-7H,4-5,8H2,1-3H3. The van der Waals surface area contributed by atoms with Crippen LogP contribution in [-0.2, 0) is 0 Å². The summed E-state index contributed by atoms with van der Waals surface area (Å²) in [5, 5.41) is 0. The summed E-state index contributed by atoms with van der Waals surface area (Å²) in [4.78, 5) is 25.3. The highest BCUT2D eigenvalue weighted by molar-refractivity contribution is 6.01. The Bertz CT molecular complexity index is 537. The van der Waals surface area contributed by atoms with E-state index in [9.17, 15) is 9.59 Å². The van der Waals surface area contributed by atoms with E-state index in [0.717, 1.165) is 0 Å². The Morgan fingerprint density at radius 3 is 2.55 bits per heavy atom. The minimum atomic E-state index is -0.489. The molecule has 1 amide bonds. The Kier molecular flexibility index (Phi) is 4.12. The Morgan fingerprint density at radius 2 is 1.95 bits per heavy atom. The number of benzene rings is 1. The maximum absolute atomic E-state index is 12.0. The second kappa shape index (κ2) is 5.81. The first-order chi connectivity index (χ1) is 9.58. The lowest BCUT2D eigenvalue weighted by molar-refractivity contribution is 0.100. The van der Waals surface area contributed by atoms with Crippen molar-refractivity contribution in [2.45, 2.75) is 20.8 Å². The average Bonchev–Trinajstić information content (AvgIpc) is 2.87. The van der Waals surface area contributed by atoms with Crippen molar-refractivity contribution < 1.29 is 23.8 Å². The third kappa shape index (κ3) is 2.54. The largest absolute Gasteiger partial charge is 0.454 e. The summed E-state index contributed by atoms with van der Waals surface area (Å²) in [5.74, 6) is 0.772. The van der Waals surface area contributed by atoms with Crippen LogP contribution in [0.1, 0.15) is 31.1 Å². The van der Waals surface area contributed by atoms with Gasteiger partial charge in [-0.25, -0.2) is 4.79 Å². The summed E-state index contributed by atoms with van der Waals surface area (Å²) in [7, 11) is 0. The van der Waals surface area contributed by atoms with Crippen molar-refractivity contribution >= 4 is 11.9 Å². The zero-order valence-electron chi connectivity index (χ0n) is 11.8. The quantitative estimate of drug-likeness (QED) is 0.792. The third-order valence-corrected chi connectivity index (χ3v) is 3.07. The zero-order chi connectivity index (χ0) is 14.7. The van der Waals surface area contributed by atoms with Crippen molar-refractivity contribution in [2.24, 2.45) is 0 Å². The van der Waals surface area contributed by atoms with Crippen LogP contribution in [0.4, 0.5) is 4.79 Å². The van der Waals surface area contributed by atoms with E-state index in [1.54, 1.807) is 12.1 Å². The number of hydrogen-bond donors (Lipinski definition) is 0. The molecule has 0 atom stereocenters. The fourth-order valence-corrected chi connectivity index (χ4v) is 2.01. The SMILES string of the molecule is CCN(CC)C(=O)Oc1ccc2c(c1C(C)=O)OCO2. The molecule has 1 aromatic carbocycles. The number of Topliss-reactive ketones (excluding diaryl/α,β-unsaturated/α-hetero) is 1. The lowest BCUT2D eigenvalue weighted by Crippen LogP contribution is -2.33. The summed E-state index contributed by atoms with van der Waals surface area (Å²) in [5.41, 5.74) is 0.237. The maximum Gasteiger partial charge on any atom is 0.415 e. The first-order valence-electron chi connectivity index (χ1n) is 6.48. The summed E-state index contributed by atoms with van der Waals surface area (Å²) in [6.07, 6.45) is -0.489. The van der Waals surface area contributed by atoms with Crippen molar-refractivity contribution in [1.82, 2.24) is 4.90 Å². The highest BCUT2D eigenvalue weighted by Gasteiger charge is 2.26. The summed E-state index contributed by atoms with van der Waals surface area (Å²) in [6.45, 7) is 6.24. The zero-order valence-corrected chi connectivity index (χ0v) is 11.8. The highest BCUT2D eigenvalue weighted by Crippen LogP contribution is 2.41. The van der Waals surface area contributed by atoms with Gasteiger partial charge in [-0.2, -0.15) is 0 Å². The molecular formula is C14H17NO5. The minimum Gasteiger partial charge on any atom is -0.454 e. The summed E-state index contributed by atoms with van der Waals surface area (Å²) < 4.78 is 15.8. The number of rotatable bonds is 4. The van der Waals surface area contributed by atoms with Crippen LogP contribution in [0.25, 0.3) is 0 Å². The van der Waals surface area contributed by atoms with E-state index in [1.807, 2.05) is 13.8 Å². The molecule has 0 unspecified atom stereocenters. The van der Waals surface area contributed by atoms with Gasteiger partial charge in [0.05, 0.1) is 0 Å². The van der Waals surface area contributed by atoms with E-state index in [1.165, 1.54) is 11.8 Å². The van der Waals surface area contributed by atoms with Crippen LogP contribution in [0.3, 0.4) is 0 Å². The van der Waals surface area contributed by atoms with Crippen LogP contribution in [0.15, 0.2) is 12.1 Å². The lowest BCUT2D eigenvalue weighted by Gasteiger charge is -2.19. The Hall–Kier alpha value is -2.24. The van der Waals surface area contributed by atoms with Crippen LogP contribution in [0.2, 0.25) is 0 Å². The van der Waals surface area contributed by atoms with Crippen LogP contribution in [0.5, 0.6) is 17.2 Å². The number of carbonyl (C=O) groups excluding carboxylic acids is 2.